The van der Waals surface area contributed by atoms with Gasteiger partial charge in [-0.05, 0) is 30.9 Å². The molecule has 18 heavy (non-hydrogen) atoms. The molecule has 2 rings (SSSR count). The fourth-order valence-corrected chi connectivity index (χ4v) is 2.30. The maximum absolute atomic E-state index is 12.8. The van der Waals surface area contributed by atoms with Gasteiger partial charge in [-0.15, -0.1) is 0 Å². The van der Waals surface area contributed by atoms with Crippen molar-refractivity contribution in [1.82, 2.24) is 4.90 Å². The molecule has 5 heteroatoms. The van der Waals surface area contributed by atoms with E-state index in [2.05, 4.69) is 0 Å². The molecule has 1 aliphatic rings. The van der Waals surface area contributed by atoms with Gasteiger partial charge in [0.05, 0.1) is 5.56 Å². The molecule has 0 bridgehead atoms. The second-order valence-corrected chi connectivity index (χ2v) is 4.94. The van der Waals surface area contributed by atoms with Crippen LogP contribution >= 0.6 is 0 Å². The van der Waals surface area contributed by atoms with E-state index in [9.17, 15) is 14.3 Å². The highest BCUT2D eigenvalue weighted by Crippen LogP contribution is 2.27. The molecular weight excluding hydrogens is 235 g/mol. The number of rotatable bonds is 3. The highest BCUT2D eigenvalue weighted by atomic mass is 19.1. The summed E-state index contributed by atoms with van der Waals surface area (Å²) in [5.74, 6) is -0.752. The molecule has 98 valence electrons. The van der Waals surface area contributed by atoms with Gasteiger partial charge in [-0.25, -0.2) is 4.39 Å². The summed E-state index contributed by atoms with van der Waals surface area (Å²) in [6, 6.07) is 3.66. The molecule has 3 N–H and O–H groups in total. The van der Waals surface area contributed by atoms with Crippen LogP contribution in [0.2, 0.25) is 0 Å². The fraction of sp³-hybridized carbons (Fsp3) is 0.462. The first-order valence-corrected chi connectivity index (χ1v) is 5.97. The Hall–Kier alpha value is -1.62. The predicted octanol–water partition coefficient (Wildman–Crippen LogP) is 1.34. The number of benzene rings is 1. The van der Waals surface area contributed by atoms with Crippen molar-refractivity contribution in [2.45, 2.75) is 18.9 Å². The number of hydrogen-bond donors (Lipinski definition) is 2. The first-order chi connectivity index (χ1) is 8.47. The molecule has 1 aromatic rings. The summed E-state index contributed by atoms with van der Waals surface area (Å²) >= 11 is 0. The molecule has 0 saturated heterocycles. The first kappa shape index (κ1) is 12.8. The van der Waals surface area contributed by atoms with Crippen molar-refractivity contribution >= 4 is 5.91 Å². The van der Waals surface area contributed by atoms with E-state index in [0.29, 0.717) is 12.5 Å². The molecule has 1 aromatic carbocycles. The Balaban J connectivity index is 2.01. The molecule has 1 saturated carbocycles. The van der Waals surface area contributed by atoms with Crippen molar-refractivity contribution in [3.05, 3.63) is 29.6 Å². The minimum absolute atomic E-state index is 0.127. The van der Waals surface area contributed by atoms with Crippen LogP contribution in [0, 0.1) is 11.7 Å². The minimum Gasteiger partial charge on any atom is -0.507 e. The zero-order chi connectivity index (χ0) is 13.3. The summed E-state index contributed by atoms with van der Waals surface area (Å²) in [6.45, 7) is 0.614. The van der Waals surface area contributed by atoms with Crippen LogP contribution in [0.3, 0.4) is 0 Å². The zero-order valence-electron chi connectivity index (χ0n) is 10.3. The number of hydrogen-bond acceptors (Lipinski definition) is 3. The summed E-state index contributed by atoms with van der Waals surface area (Å²) in [4.78, 5) is 13.6. The Kier molecular flexibility index (Phi) is 3.52. The number of halogens is 1. The monoisotopic (exact) mass is 252 g/mol. The Morgan fingerprint density at radius 2 is 2.22 bits per heavy atom. The normalized spacial score (nSPS) is 22.4. The Labute approximate surface area is 105 Å². The summed E-state index contributed by atoms with van der Waals surface area (Å²) in [6.07, 6.45) is 1.85. The first-order valence-electron chi connectivity index (χ1n) is 5.97. The topological polar surface area (TPSA) is 66.6 Å². The van der Waals surface area contributed by atoms with Gasteiger partial charge >= 0.3 is 0 Å². The summed E-state index contributed by atoms with van der Waals surface area (Å²) in [5.41, 5.74) is 5.81. The molecule has 1 amide bonds. The van der Waals surface area contributed by atoms with Gasteiger partial charge < -0.3 is 15.7 Å². The van der Waals surface area contributed by atoms with Crippen molar-refractivity contribution in [3.8, 4) is 5.75 Å². The molecule has 0 radical (unpaired) electrons. The lowest BCUT2D eigenvalue weighted by Gasteiger charge is -2.35. The smallest absolute Gasteiger partial charge is 0.257 e. The van der Waals surface area contributed by atoms with E-state index < -0.39 is 5.82 Å². The number of carbonyl (C=O) groups excluding carboxylic acids is 1. The number of phenols is 1. The molecule has 0 atom stereocenters. The van der Waals surface area contributed by atoms with Crippen LogP contribution in [-0.2, 0) is 0 Å². The third-order valence-corrected chi connectivity index (χ3v) is 3.34. The van der Waals surface area contributed by atoms with Gasteiger partial charge in [-0.3, -0.25) is 4.79 Å². The number of carbonyl (C=O) groups is 1. The molecule has 0 unspecified atom stereocenters. The molecular formula is C13H17FN2O2. The van der Waals surface area contributed by atoms with Crippen LogP contribution in [0.1, 0.15) is 23.2 Å². The second-order valence-electron chi connectivity index (χ2n) is 4.94. The van der Waals surface area contributed by atoms with Crippen molar-refractivity contribution in [2.75, 3.05) is 13.6 Å². The summed E-state index contributed by atoms with van der Waals surface area (Å²) in [7, 11) is 1.68. The highest BCUT2D eigenvalue weighted by Gasteiger charge is 2.28. The lowest BCUT2D eigenvalue weighted by atomic mass is 9.80. The Morgan fingerprint density at radius 1 is 1.56 bits per heavy atom. The molecule has 0 aliphatic heterocycles. The minimum atomic E-state index is -0.559. The van der Waals surface area contributed by atoms with Crippen molar-refractivity contribution < 1.29 is 14.3 Å². The van der Waals surface area contributed by atoms with Gasteiger partial charge in [-0.2, -0.15) is 0 Å². The number of nitrogens with zero attached hydrogens (tertiary/aromatic N) is 1. The Bertz CT molecular complexity index is 458. The number of amides is 1. The molecule has 1 aliphatic carbocycles. The van der Waals surface area contributed by atoms with Gasteiger partial charge in [0, 0.05) is 25.7 Å². The maximum Gasteiger partial charge on any atom is 0.257 e. The van der Waals surface area contributed by atoms with E-state index >= 15 is 0 Å². The number of aromatic hydroxyl groups is 1. The molecule has 0 heterocycles. The molecule has 0 spiro atoms. The van der Waals surface area contributed by atoms with Gasteiger partial charge in [0.15, 0.2) is 0 Å². The third kappa shape index (κ3) is 2.61. The van der Waals surface area contributed by atoms with E-state index in [4.69, 9.17) is 5.73 Å². The van der Waals surface area contributed by atoms with Gasteiger partial charge in [0.1, 0.15) is 11.6 Å². The lowest BCUT2D eigenvalue weighted by molar-refractivity contribution is 0.0731. The second kappa shape index (κ2) is 4.94. The van der Waals surface area contributed by atoms with Crippen molar-refractivity contribution in [2.24, 2.45) is 11.7 Å². The van der Waals surface area contributed by atoms with E-state index in [1.165, 1.54) is 12.1 Å². The van der Waals surface area contributed by atoms with Gasteiger partial charge in [0.2, 0.25) is 0 Å². The highest BCUT2D eigenvalue weighted by molar-refractivity contribution is 5.96. The Morgan fingerprint density at radius 3 is 2.78 bits per heavy atom. The predicted molar refractivity (Wildman–Crippen MR) is 65.7 cm³/mol. The van der Waals surface area contributed by atoms with Crippen molar-refractivity contribution in [3.63, 3.8) is 0 Å². The van der Waals surface area contributed by atoms with Crippen LogP contribution < -0.4 is 5.73 Å². The standard InChI is InChI=1S/C13H17FN2O2/c1-16(7-8-4-10(15)5-8)13(18)11-3-2-9(14)6-12(11)17/h2-3,6,8,10,17H,4-5,7,15H2,1H3. The van der Waals surface area contributed by atoms with E-state index in [0.717, 1.165) is 18.9 Å². The van der Waals surface area contributed by atoms with Crippen LogP contribution in [0.4, 0.5) is 4.39 Å². The average Bonchev–Trinajstić information content (AvgIpc) is 2.26. The third-order valence-electron chi connectivity index (χ3n) is 3.34. The molecule has 4 nitrogen and oxygen atoms in total. The van der Waals surface area contributed by atoms with Gasteiger partial charge in [-0.1, -0.05) is 0 Å². The maximum atomic E-state index is 12.8. The van der Waals surface area contributed by atoms with Crippen molar-refractivity contribution in [1.29, 1.82) is 0 Å². The largest absolute Gasteiger partial charge is 0.507 e. The zero-order valence-corrected chi connectivity index (χ0v) is 10.3. The van der Waals surface area contributed by atoms with E-state index in [-0.39, 0.29) is 23.3 Å². The van der Waals surface area contributed by atoms with Crippen LogP contribution in [0.5, 0.6) is 5.75 Å². The number of phenolic OH excluding ortho intramolecular Hbond substituents is 1. The lowest BCUT2D eigenvalue weighted by Crippen LogP contribution is -2.43. The average molecular weight is 252 g/mol. The number of nitrogens with two attached hydrogens (primary N) is 1. The van der Waals surface area contributed by atoms with E-state index in [1.54, 1.807) is 11.9 Å². The summed E-state index contributed by atoms with van der Waals surface area (Å²) < 4.78 is 12.8. The van der Waals surface area contributed by atoms with Crippen LogP contribution in [0.15, 0.2) is 18.2 Å². The SMILES string of the molecule is CN(CC1CC(N)C1)C(=O)c1ccc(F)cc1O. The van der Waals surface area contributed by atoms with Crippen LogP contribution in [-0.4, -0.2) is 35.5 Å². The fourth-order valence-electron chi connectivity index (χ4n) is 2.30. The molecule has 0 aromatic heterocycles. The summed E-state index contributed by atoms with van der Waals surface area (Å²) in [5, 5.41) is 9.55. The van der Waals surface area contributed by atoms with E-state index in [1.807, 2.05) is 0 Å². The van der Waals surface area contributed by atoms with Gasteiger partial charge in [0.25, 0.3) is 5.91 Å². The van der Waals surface area contributed by atoms with Crippen LogP contribution in [0.25, 0.3) is 0 Å². The molecule has 1 fully saturated rings. The quantitative estimate of drug-likeness (QED) is 0.853.